The zero-order chi connectivity index (χ0) is 26.7. The first-order valence-corrected chi connectivity index (χ1v) is 13.7. The van der Waals surface area contributed by atoms with E-state index < -0.39 is 16.2 Å². The summed E-state index contributed by atoms with van der Waals surface area (Å²) >= 11 is 0. The molecule has 1 amide bonds. The summed E-state index contributed by atoms with van der Waals surface area (Å²) in [7, 11) is 0. The fraction of sp³-hybridized carbons (Fsp3) is 0.742. The molecule has 0 saturated heterocycles. The Hall–Kier alpha value is -2.22. The summed E-state index contributed by atoms with van der Waals surface area (Å²) in [4.78, 5) is 39.9. The van der Waals surface area contributed by atoms with Crippen LogP contribution in [-0.4, -0.2) is 17.5 Å². The largest absolute Gasteiger partial charge is 0.369 e. The van der Waals surface area contributed by atoms with Crippen molar-refractivity contribution in [2.75, 3.05) is 0 Å². The summed E-state index contributed by atoms with van der Waals surface area (Å²) in [6.45, 7) is 15.1. The third kappa shape index (κ3) is 2.85. The van der Waals surface area contributed by atoms with Gasteiger partial charge >= 0.3 is 0 Å². The average molecular weight is 491 g/mol. The van der Waals surface area contributed by atoms with E-state index in [1.165, 1.54) is 0 Å². The first-order valence-electron chi connectivity index (χ1n) is 13.7. The van der Waals surface area contributed by atoms with Gasteiger partial charge in [0.1, 0.15) is 6.07 Å². The molecule has 0 heterocycles. The van der Waals surface area contributed by atoms with E-state index >= 15 is 0 Å². The van der Waals surface area contributed by atoms with Crippen LogP contribution in [0.5, 0.6) is 0 Å². The number of fused-ring (bicyclic) bond motifs is 7. The molecule has 5 nitrogen and oxygen atoms in total. The van der Waals surface area contributed by atoms with Gasteiger partial charge in [-0.2, -0.15) is 5.26 Å². The summed E-state index contributed by atoms with van der Waals surface area (Å²) < 4.78 is 0. The lowest BCUT2D eigenvalue weighted by molar-refractivity contribution is -0.171. The number of nitriles is 1. The van der Waals surface area contributed by atoms with E-state index in [2.05, 4.69) is 33.8 Å². The van der Waals surface area contributed by atoms with Crippen LogP contribution in [0, 0.1) is 61.6 Å². The second-order valence-corrected chi connectivity index (χ2v) is 14.7. The number of hydrogen-bond acceptors (Lipinski definition) is 4. The van der Waals surface area contributed by atoms with Crippen LogP contribution in [0.4, 0.5) is 0 Å². The number of carbonyl (C=O) groups is 3. The van der Waals surface area contributed by atoms with Crippen LogP contribution in [0.1, 0.15) is 93.4 Å². The van der Waals surface area contributed by atoms with Crippen LogP contribution < -0.4 is 5.73 Å². The highest BCUT2D eigenvalue weighted by atomic mass is 16.1. The van der Waals surface area contributed by atoms with Gasteiger partial charge in [0.25, 0.3) is 0 Å². The van der Waals surface area contributed by atoms with Gasteiger partial charge in [-0.25, -0.2) is 0 Å². The lowest BCUT2D eigenvalue weighted by atomic mass is 9.34. The van der Waals surface area contributed by atoms with Crippen LogP contribution in [0.15, 0.2) is 23.3 Å². The molecule has 0 unspecified atom stereocenters. The molecule has 0 aliphatic heterocycles. The highest BCUT2D eigenvalue weighted by molar-refractivity contribution is 6.04. The molecular formula is C31H42N2O3. The Balaban J connectivity index is 1.68. The van der Waals surface area contributed by atoms with Crippen LogP contribution in [-0.2, 0) is 14.4 Å². The smallest absolute Gasteiger partial charge is 0.223 e. The standard InChI is InChI=1S/C31H42N2O3/c1-26(2)21-8-9-30(6)22(29(21,5)15-18(17-32)24(26)35)14-20(34)23-19-16-28(4,25(33)36)11-10-27(19,3)12-13-31(23,30)7/h14-15,19,21,23H,8-13,16H2,1-7H3,(H2,33,36)/t19-,21-,23-,27+,28-,29-,30+,31+/m0/s1. The molecule has 3 fully saturated rings. The molecular weight excluding hydrogens is 448 g/mol. The zero-order valence-electron chi connectivity index (χ0n) is 23.1. The highest BCUT2D eigenvalue weighted by Crippen LogP contribution is 2.74. The number of rotatable bonds is 1. The molecule has 5 heteroatoms. The van der Waals surface area contributed by atoms with Gasteiger partial charge in [-0.3, -0.25) is 14.4 Å². The summed E-state index contributed by atoms with van der Waals surface area (Å²) in [6, 6.07) is 2.17. The minimum absolute atomic E-state index is 0.0325. The number of carbonyl (C=O) groups excluding carboxylic acids is 3. The maximum Gasteiger partial charge on any atom is 0.223 e. The van der Waals surface area contributed by atoms with Crippen molar-refractivity contribution in [2.24, 2.45) is 56.0 Å². The summed E-state index contributed by atoms with van der Waals surface area (Å²) in [5.74, 6) is -0.156. The maximum absolute atomic E-state index is 14.3. The molecule has 0 bridgehead atoms. The maximum atomic E-state index is 14.3. The number of hydrogen-bond donors (Lipinski definition) is 1. The lowest BCUT2D eigenvalue weighted by Gasteiger charge is -2.69. The normalized spacial score (nSPS) is 49.3. The molecule has 2 N–H and O–H groups in total. The van der Waals surface area contributed by atoms with Gasteiger partial charge in [0.15, 0.2) is 11.6 Å². The van der Waals surface area contributed by atoms with E-state index in [1.54, 1.807) is 0 Å². The lowest BCUT2D eigenvalue weighted by Crippen LogP contribution is -2.64. The van der Waals surface area contributed by atoms with Crippen molar-refractivity contribution in [3.8, 4) is 6.07 Å². The van der Waals surface area contributed by atoms with Crippen molar-refractivity contribution in [2.45, 2.75) is 93.4 Å². The summed E-state index contributed by atoms with van der Waals surface area (Å²) in [6.07, 6.45) is 10.0. The molecule has 0 aromatic heterocycles. The molecule has 0 aromatic carbocycles. The van der Waals surface area contributed by atoms with Gasteiger partial charge in [0, 0.05) is 22.2 Å². The Morgan fingerprint density at radius 2 is 1.64 bits per heavy atom. The monoisotopic (exact) mass is 490 g/mol. The molecule has 0 spiro atoms. The van der Waals surface area contributed by atoms with Crippen molar-refractivity contribution in [1.82, 2.24) is 0 Å². The molecule has 0 aromatic rings. The number of amides is 1. The quantitative estimate of drug-likeness (QED) is 0.510. The van der Waals surface area contributed by atoms with E-state index in [0.29, 0.717) is 6.42 Å². The Morgan fingerprint density at radius 3 is 2.25 bits per heavy atom. The van der Waals surface area contributed by atoms with Crippen LogP contribution >= 0.6 is 0 Å². The van der Waals surface area contributed by atoms with E-state index in [9.17, 15) is 19.6 Å². The number of primary amides is 1. The number of Topliss-reactive ketones (excluding diaryl/α,β-unsaturated/α-hetero) is 1. The van der Waals surface area contributed by atoms with Crippen LogP contribution in [0.3, 0.4) is 0 Å². The molecule has 36 heavy (non-hydrogen) atoms. The third-order valence-electron chi connectivity index (χ3n) is 12.7. The number of allylic oxidation sites excluding steroid dienone is 4. The van der Waals surface area contributed by atoms with Gasteiger partial charge in [-0.05, 0) is 79.1 Å². The Bertz CT molecular complexity index is 1190. The molecule has 5 aliphatic rings. The van der Waals surface area contributed by atoms with E-state index in [1.807, 2.05) is 32.9 Å². The van der Waals surface area contributed by atoms with E-state index in [0.717, 1.165) is 44.1 Å². The zero-order valence-corrected chi connectivity index (χ0v) is 23.1. The van der Waals surface area contributed by atoms with Gasteiger partial charge in [0.05, 0.1) is 5.57 Å². The van der Waals surface area contributed by atoms with Crippen LogP contribution in [0.25, 0.3) is 0 Å². The fourth-order valence-electron chi connectivity index (χ4n) is 9.94. The molecule has 8 atom stereocenters. The molecule has 194 valence electrons. The van der Waals surface area contributed by atoms with E-state index in [4.69, 9.17) is 5.73 Å². The molecule has 5 rings (SSSR count). The average Bonchev–Trinajstić information content (AvgIpc) is 2.79. The number of nitrogens with zero attached hydrogens (tertiary/aromatic N) is 1. The Kier molecular flexibility index (Phi) is 5.09. The van der Waals surface area contributed by atoms with Crippen molar-refractivity contribution in [1.29, 1.82) is 5.26 Å². The van der Waals surface area contributed by atoms with Gasteiger partial charge in [-0.1, -0.05) is 60.1 Å². The van der Waals surface area contributed by atoms with Crippen molar-refractivity contribution in [3.63, 3.8) is 0 Å². The summed E-state index contributed by atoms with van der Waals surface area (Å²) in [5, 5.41) is 9.84. The molecule has 0 radical (unpaired) electrons. The number of ketones is 2. The molecule has 3 saturated carbocycles. The Labute approximate surface area is 215 Å². The third-order valence-corrected chi connectivity index (χ3v) is 12.7. The second-order valence-electron chi connectivity index (χ2n) is 14.7. The highest BCUT2D eigenvalue weighted by Gasteiger charge is 2.69. The first kappa shape index (κ1) is 25.4. The van der Waals surface area contributed by atoms with Crippen molar-refractivity contribution in [3.05, 3.63) is 23.3 Å². The molecule has 5 aliphatic carbocycles. The van der Waals surface area contributed by atoms with Crippen molar-refractivity contribution < 1.29 is 14.4 Å². The Morgan fingerprint density at radius 1 is 1.00 bits per heavy atom. The summed E-state index contributed by atoms with van der Waals surface area (Å²) in [5.41, 5.74) is 5.03. The van der Waals surface area contributed by atoms with Gasteiger partial charge < -0.3 is 5.73 Å². The minimum Gasteiger partial charge on any atom is -0.369 e. The fourth-order valence-corrected chi connectivity index (χ4v) is 9.94. The first-order chi connectivity index (χ1) is 16.5. The SMILES string of the molecule is CC1(C)C(=O)C(C#N)=C[C@]2(C)C3=CC(=O)[C@@H]4[C@@H]5C[C@@](C)(C(N)=O)CC[C@]5(C)CC[C@@]4(C)[C@]3(C)CC[C@@H]12. The van der Waals surface area contributed by atoms with E-state index in [-0.39, 0.29) is 57.0 Å². The topological polar surface area (TPSA) is 101 Å². The number of nitrogens with two attached hydrogens (primary N) is 1. The van der Waals surface area contributed by atoms with Crippen molar-refractivity contribution >= 4 is 17.5 Å². The van der Waals surface area contributed by atoms with Gasteiger partial charge in [-0.15, -0.1) is 0 Å². The predicted molar refractivity (Wildman–Crippen MR) is 138 cm³/mol. The predicted octanol–water partition coefficient (Wildman–Crippen LogP) is 5.69. The second kappa shape index (κ2) is 7.21. The van der Waals surface area contributed by atoms with Gasteiger partial charge in [0.2, 0.25) is 5.91 Å². The minimum atomic E-state index is -0.657. The van der Waals surface area contributed by atoms with Crippen LogP contribution in [0.2, 0.25) is 0 Å².